The largest absolute Gasteiger partial charge is 0.467 e. The van der Waals surface area contributed by atoms with Gasteiger partial charge in [0.05, 0.1) is 12.8 Å². The van der Waals surface area contributed by atoms with Crippen molar-refractivity contribution in [2.24, 2.45) is 13.0 Å². The molecule has 110 valence electrons. The first kappa shape index (κ1) is 14.8. The summed E-state index contributed by atoms with van der Waals surface area (Å²) >= 11 is 5.38. The third-order valence-corrected chi connectivity index (χ3v) is 3.65. The lowest BCUT2D eigenvalue weighted by Gasteiger charge is -2.19. The summed E-state index contributed by atoms with van der Waals surface area (Å²) in [5.41, 5.74) is 2.55. The average molecular weight is 296 g/mol. The second kappa shape index (κ2) is 5.40. The minimum Gasteiger partial charge on any atom is -0.467 e. The Hall–Kier alpha value is -1.63. The van der Waals surface area contributed by atoms with Crippen molar-refractivity contribution in [2.45, 2.75) is 33.2 Å². The van der Waals surface area contributed by atoms with Crippen LogP contribution < -0.4 is 0 Å². The van der Waals surface area contributed by atoms with Gasteiger partial charge in [0.2, 0.25) is 0 Å². The molecule has 0 bridgehead atoms. The Balaban J connectivity index is 2.66. The minimum atomic E-state index is -0.434. The number of hydrogen-bond acceptors (Lipinski definition) is 4. The van der Waals surface area contributed by atoms with E-state index in [0.29, 0.717) is 17.1 Å². The van der Waals surface area contributed by atoms with E-state index >= 15 is 0 Å². The lowest BCUT2D eigenvalue weighted by Crippen LogP contribution is -2.23. The molecule has 2 aromatic heterocycles. The van der Waals surface area contributed by atoms with Crippen molar-refractivity contribution in [1.82, 2.24) is 19.3 Å². The van der Waals surface area contributed by atoms with Crippen LogP contribution in [0.25, 0.3) is 11.2 Å². The number of hydrogen-bond donors (Lipinski definition) is 1. The maximum absolute atomic E-state index is 12.1. The van der Waals surface area contributed by atoms with Gasteiger partial charge in [0, 0.05) is 7.05 Å². The van der Waals surface area contributed by atoms with Gasteiger partial charge in [-0.1, -0.05) is 13.8 Å². The van der Waals surface area contributed by atoms with Gasteiger partial charge in [0.15, 0.2) is 10.4 Å². The first-order valence-corrected chi connectivity index (χ1v) is 6.99. The van der Waals surface area contributed by atoms with Crippen LogP contribution in [0.1, 0.15) is 32.0 Å². The number of fused-ring (bicyclic) bond motifs is 1. The summed E-state index contributed by atoms with van der Waals surface area (Å²) in [6, 6.07) is -0.434. The third-order valence-electron chi connectivity index (χ3n) is 3.35. The number of carbonyl (C=O) groups excluding carboxylic acids is 1. The van der Waals surface area contributed by atoms with Crippen LogP contribution in [0.15, 0.2) is 0 Å². The van der Waals surface area contributed by atoms with E-state index in [0.717, 1.165) is 16.9 Å². The Morgan fingerprint density at radius 2 is 2.15 bits per heavy atom. The maximum Gasteiger partial charge on any atom is 0.329 e. The molecule has 1 N–H and O–H groups in total. The molecule has 20 heavy (non-hydrogen) atoms. The van der Waals surface area contributed by atoms with Crippen molar-refractivity contribution in [2.75, 3.05) is 7.11 Å². The molecular formula is C13H20N4O2S. The number of aromatic nitrogens is 4. The predicted octanol–water partition coefficient (Wildman–Crippen LogP) is 2.50. The van der Waals surface area contributed by atoms with E-state index in [1.54, 1.807) is 4.68 Å². The Kier molecular flexibility index (Phi) is 3.99. The molecule has 0 saturated heterocycles. The molecule has 2 heterocycles. The molecule has 1 atom stereocenters. The van der Waals surface area contributed by atoms with Crippen molar-refractivity contribution in [1.29, 1.82) is 0 Å². The number of nitrogens with zero attached hydrogens (tertiary/aromatic N) is 3. The zero-order valence-electron chi connectivity index (χ0n) is 12.4. The van der Waals surface area contributed by atoms with Crippen molar-refractivity contribution in [3.63, 3.8) is 0 Å². The Bertz CT molecular complexity index is 695. The first-order valence-electron chi connectivity index (χ1n) is 6.58. The standard InChI is InChI=1S/C13H20N4O2S/c1-7(2)6-9(12(18)19-5)17-11-10(14-13(17)20)8(3)15-16(11)4/h7,9H,6H2,1-5H3,(H,14,20). The highest BCUT2D eigenvalue weighted by Crippen LogP contribution is 2.26. The molecule has 0 amide bonds. The molecule has 0 radical (unpaired) electrons. The Morgan fingerprint density at radius 3 is 2.70 bits per heavy atom. The lowest BCUT2D eigenvalue weighted by molar-refractivity contribution is -0.145. The second-order valence-corrected chi connectivity index (χ2v) is 5.76. The van der Waals surface area contributed by atoms with Gasteiger partial charge in [-0.05, 0) is 31.5 Å². The number of aryl methyl sites for hydroxylation is 2. The number of rotatable bonds is 4. The minimum absolute atomic E-state index is 0.283. The predicted molar refractivity (Wildman–Crippen MR) is 79.1 cm³/mol. The molecule has 0 aliphatic heterocycles. The molecule has 0 spiro atoms. The summed E-state index contributed by atoms with van der Waals surface area (Å²) in [5.74, 6) is 0.0647. The molecule has 1 unspecified atom stereocenters. The van der Waals surface area contributed by atoms with Gasteiger partial charge in [0.1, 0.15) is 11.6 Å². The highest BCUT2D eigenvalue weighted by atomic mass is 32.1. The molecule has 6 nitrogen and oxygen atoms in total. The van der Waals surface area contributed by atoms with Crippen LogP contribution in [0.2, 0.25) is 0 Å². The van der Waals surface area contributed by atoms with E-state index in [1.807, 2.05) is 18.5 Å². The van der Waals surface area contributed by atoms with E-state index in [9.17, 15) is 4.79 Å². The molecule has 0 aliphatic rings. The van der Waals surface area contributed by atoms with Crippen LogP contribution in [0.4, 0.5) is 0 Å². The molecule has 2 rings (SSSR count). The summed E-state index contributed by atoms with van der Waals surface area (Å²) in [4.78, 5) is 15.3. The summed E-state index contributed by atoms with van der Waals surface area (Å²) in [6.07, 6.45) is 0.665. The fourth-order valence-electron chi connectivity index (χ4n) is 2.51. The molecule has 0 aliphatic carbocycles. The number of nitrogens with one attached hydrogen (secondary N) is 1. The van der Waals surface area contributed by atoms with E-state index < -0.39 is 6.04 Å². The molecular weight excluding hydrogens is 276 g/mol. The number of carbonyl (C=O) groups is 1. The summed E-state index contributed by atoms with van der Waals surface area (Å²) in [7, 11) is 3.25. The van der Waals surface area contributed by atoms with Crippen LogP contribution in [-0.2, 0) is 16.6 Å². The number of aromatic amines is 1. The van der Waals surface area contributed by atoms with E-state index in [2.05, 4.69) is 23.9 Å². The Labute approximate surface area is 122 Å². The van der Waals surface area contributed by atoms with Gasteiger partial charge in [-0.15, -0.1) is 0 Å². The summed E-state index contributed by atoms with van der Waals surface area (Å²) in [5, 5.41) is 4.36. The summed E-state index contributed by atoms with van der Waals surface area (Å²) < 4.78 is 9.02. The van der Waals surface area contributed by atoms with E-state index in [1.165, 1.54) is 7.11 Å². The lowest BCUT2D eigenvalue weighted by atomic mass is 10.0. The van der Waals surface area contributed by atoms with Gasteiger partial charge >= 0.3 is 5.97 Å². The highest BCUT2D eigenvalue weighted by Gasteiger charge is 2.27. The van der Waals surface area contributed by atoms with Gasteiger partial charge in [-0.2, -0.15) is 5.10 Å². The van der Waals surface area contributed by atoms with Gasteiger partial charge < -0.3 is 9.72 Å². The fraction of sp³-hybridized carbons (Fsp3) is 0.615. The zero-order valence-corrected chi connectivity index (χ0v) is 13.2. The fourth-order valence-corrected chi connectivity index (χ4v) is 2.83. The van der Waals surface area contributed by atoms with Crippen molar-refractivity contribution in [3.8, 4) is 0 Å². The van der Waals surface area contributed by atoms with Gasteiger partial charge in [0.25, 0.3) is 0 Å². The molecule has 0 fully saturated rings. The smallest absolute Gasteiger partial charge is 0.329 e. The molecule has 0 saturated carbocycles. The second-order valence-electron chi connectivity index (χ2n) is 5.38. The molecule has 0 aromatic carbocycles. The highest BCUT2D eigenvalue weighted by molar-refractivity contribution is 7.71. The van der Waals surface area contributed by atoms with Crippen LogP contribution in [0.3, 0.4) is 0 Å². The summed E-state index contributed by atoms with van der Waals surface area (Å²) in [6.45, 7) is 6.04. The molecule has 7 heteroatoms. The topological polar surface area (TPSA) is 64.8 Å². The maximum atomic E-state index is 12.1. The number of H-pyrrole nitrogens is 1. The van der Waals surface area contributed by atoms with Gasteiger partial charge in [-0.3, -0.25) is 9.25 Å². The van der Waals surface area contributed by atoms with Crippen molar-refractivity contribution < 1.29 is 9.53 Å². The monoisotopic (exact) mass is 296 g/mol. The zero-order chi connectivity index (χ0) is 15.0. The Morgan fingerprint density at radius 1 is 1.50 bits per heavy atom. The van der Waals surface area contributed by atoms with E-state index in [4.69, 9.17) is 17.0 Å². The number of esters is 1. The average Bonchev–Trinajstić information content (AvgIpc) is 2.84. The third kappa shape index (κ3) is 2.37. The van der Waals surface area contributed by atoms with Crippen LogP contribution in [0.5, 0.6) is 0 Å². The van der Waals surface area contributed by atoms with Crippen molar-refractivity contribution >= 4 is 29.4 Å². The van der Waals surface area contributed by atoms with Gasteiger partial charge in [-0.25, -0.2) is 4.79 Å². The van der Waals surface area contributed by atoms with Crippen LogP contribution >= 0.6 is 12.2 Å². The number of methoxy groups -OCH3 is 1. The molecule has 2 aromatic rings. The number of imidazole rings is 1. The van der Waals surface area contributed by atoms with Crippen LogP contribution in [-0.4, -0.2) is 32.4 Å². The first-order chi connectivity index (χ1) is 9.36. The number of ether oxygens (including phenoxy) is 1. The SMILES string of the molecule is COC(=O)C(CC(C)C)n1c(=S)[nH]c2c(C)nn(C)c21. The normalized spacial score (nSPS) is 13.1. The van der Waals surface area contributed by atoms with Crippen LogP contribution in [0, 0.1) is 17.6 Å². The quantitative estimate of drug-likeness (QED) is 0.695. The van der Waals surface area contributed by atoms with Crippen molar-refractivity contribution in [3.05, 3.63) is 10.5 Å². The van der Waals surface area contributed by atoms with E-state index in [-0.39, 0.29) is 5.97 Å².